The third-order valence-corrected chi connectivity index (χ3v) is 4.96. The summed E-state index contributed by atoms with van der Waals surface area (Å²) in [6.45, 7) is 9.30. The Labute approximate surface area is 158 Å². The largest absolute Gasteiger partial charge is 0.341 e. The number of aryl methyl sites for hydroxylation is 1. The summed E-state index contributed by atoms with van der Waals surface area (Å²) in [6.07, 6.45) is 0. The van der Waals surface area contributed by atoms with Gasteiger partial charge in [0, 0.05) is 45.1 Å². The Balaban J connectivity index is 1.69. The highest BCUT2D eigenvalue weighted by Gasteiger charge is 2.19. The second kappa shape index (κ2) is 6.27. The van der Waals surface area contributed by atoms with Gasteiger partial charge >= 0.3 is 0 Å². The molecular weight excluding hydrogens is 336 g/mol. The van der Waals surface area contributed by atoms with Crippen LogP contribution in [0.3, 0.4) is 0 Å². The highest BCUT2D eigenvalue weighted by atomic mass is 16.1. The monoisotopic (exact) mass is 360 g/mol. The van der Waals surface area contributed by atoms with Gasteiger partial charge in [-0.1, -0.05) is 39.0 Å². The lowest BCUT2D eigenvalue weighted by molar-refractivity contribution is 0.102. The second-order valence-corrected chi connectivity index (χ2v) is 7.86. The highest BCUT2D eigenvalue weighted by molar-refractivity contribution is 6.10. The number of carbonyl (C=O) groups is 1. The van der Waals surface area contributed by atoms with Crippen molar-refractivity contribution >= 4 is 33.4 Å². The number of para-hydroxylation sites is 1. The van der Waals surface area contributed by atoms with E-state index in [1.165, 1.54) is 16.4 Å². The Bertz CT molecular complexity index is 1140. The summed E-state index contributed by atoms with van der Waals surface area (Å²) in [5, 5.41) is 12.4. The quantitative estimate of drug-likeness (QED) is 0.535. The summed E-state index contributed by atoms with van der Waals surface area (Å²) in [4.78, 5) is 12.6. The number of nitrogens with one attached hydrogen (secondary N) is 2. The molecule has 0 aliphatic heterocycles. The number of rotatable bonds is 3. The molecule has 0 atom stereocenters. The standard InChI is InChI=1S/C22H24N4O/c1-5-26-18-9-7-6-8-15(18)16-12-14(10-11-19(16)26)23-21(27)17-13-20(25-24-17)22(2,3)4/h6-13H,5H2,1-4H3,(H,23,27)(H,24,25). The van der Waals surface area contributed by atoms with Gasteiger partial charge in [0.1, 0.15) is 0 Å². The van der Waals surface area contributed by atoms with E-state index in [1.54, 1.807) is 0 Å². The summed E-state index contributed by atoms with van der Waals surface area (Å²) < 4.78 is 2.29. The summed E-state index contributed by atoms with van der Waals surface area (Å²) in [7, 11) is 0. The zero-order chi connectivity index (χ0) is 19.2. The van der Waals surface area contributed by atoms with Crippen LogP contribution in [0.15, 0.2) is 48.5 Å². The van der Waals surface area contributed by atoms with Crippen LogP contribution in [0, 0.1) is 0 Å². The molecule has 4 rings (SSSR count). The van der Waals surface area contributed by atoms with Crippen LogP contribution in [0.4, 0.5) is 5.69 Å². The Morgan fingerprint density at radius 2 is 1.81 bits per heavy atom. The molecule has 4 aromatic rings. The van der Waals surface area contributed by atoms with Crippen molar-refractivity contribution in [2.45, 2.75) is 39.7 Å². The van der Waals surface area contributed by atoms with E-state index in [9.17, 15) is 4.79 Å². The van der Waals surface area contributed by atoms with Crippen molar-refractivity contribution < 1.29 is 4.79 Å². The predicted molar refractivity (Wildman–Crippen MR) is 110 cm³/mol. The minimum Gasteiger partial charge on any atom is -0.341 e. The van der Waals surface area contributed by atoms with Gasteiger partial charge in [0.25, 0.3) is 5.91 Å². The average Bonchev–Trinajstić information content (AvgIpc) is 3.24. The smallest absolute Gasteiger partial charge is 0.276 e. The summed E-state index contributed by atoms with van der Waals surface area (Å²) in [6, 6.07) is 16.2. The Morgan fingerprint density at radius 1 is 1.07 bits per heavy atom. The SMILES string of the molecule is CCn1c2ccccc2c2cc(NC(=O)c3cc(C(C)(C)C)[nH]n3)ccc21. The van der Waals surface area contributed by atoms with Crippen LogP contribution >= 0.6 is 0 Å². The van der Waals surface area contributed by atoms with Gasteiger partial charge in [-0.25, -0.2) is 0 Å². The average molecular weight is 360 g/mol. The summed E-state index contributed by atoms with van der Waals surface area (Å²) in [5.74, 6) is -0.208. The number of benzene rings is 2. The van der Waals surface area contributed by atoms with E-state index in [0.717, 1.165) is 23.3 Å². The maximum absolute atomic E-state index is 12.6. The van der Waals surface area contributed by atoms with Crippen LogP contribution in [0.2, 0.25) is 0 Å². The van der Waals surface area contributed by atoms with Crippen LogP contribution in [0.25, 0.3) is 21.8 Å². The molecule has 0 spiro atoms. The Morgan fingerprint density at radius 3 is 2.52 bits per heavy atom. The number of fused-ring (bicyclic) bond motifs is 3. The van der Waals surface area contributed by atoms with Crippen LogP contribution < -0.4 is 5.32 Å². The molecule has 5 nitrogen and oxygen atoms in total. The number of carbonyl (C=O) groups excluding carboxylic acids is 1. The fourth-order valence-corrected chi connectivity index (χ4v) is 3.49. The fraction of sp³-hybridized carbons (Fsp3) is 0.273. The molecule has 1 amide bonds. The van der Waals surface area contributed by atoms with Gasteiger partial charge in [0.05, 0.1) is 0 Å². The van der Waals surface area contributed by atoms with Crippen molar-refractivity contribution in [3.05, 3.63) is 59.9 Å². The first kappa shape index (κ1) is 17.3. The molecule has 2 N–H and O–H groups in total. The zero-order valence-electron chi connectivity index (χ0n) is 16.1. The number of hydrogen-bond acceptors (Lipinski definition) is 2. The zero-order valence-corrected chi connectivity index (χ0v) is 16.1. The fourth-order valence-electron chi connectivity index (χ4n) is 3.49. The van der Waals surface area contributed by atoms with E-state index in [0.29, 0.717) is 5.69 Å². The van der Waals surface area contributed by atoms with E-state index in [1.807, 2.05) is 24.3 Å². The lowest BCUT2D eigenvalue weighted by Gasteiger charge is -2.14. The minimum absolute atomic E-state index is 0.0770. The Kier molecular flexibility index (Phi) is 4.02. The molecule has 0 radical (unpaired) electrons. The van der Waals surface area contributed by atoms with Gasteiger partial charge in [-0.2, -0.15) is 5.10 Å². The van der Waals surface area contributed by atoms with Gasteiger partial charge in [0.2, 0.25) is 0 Å². The molecule has 2 aromatic heterocycles. The number of amides is 1. The maximum atomic E-state index is 12.6. The third kappa shape index (κ3) is 2.99. The molecule has 0 bridgehead atoms. The van der Waals surface area contributed by atoms with Crippen molar-refractivity contribution in [2.24, 2.45) is 0 Å². The van der Waals surface area contributed by atoms with E-state index in [-0.39, 0.29) is 11.3 Å². The lowest BCUT2D eigenvalue weighted by atomic mass is 9.92. The predicted octanol–water partition coefficient (Wildman–Crippen LogP) is 5.09. The van der Waals surface area contributed by atoms with Gasteiger partial charge in [0.15, 0.2) is 5.69 Å². The van der Waals surface area contributed by atoms with Crippen molar-refractivity contribution in [1.82, 2.24) is 14.8 Å². The molecule has 2 aromatic carbocycles. The number of nitrogens with zero attached hydrogens (tertiary/aromatic N) is 2. The number of aromatic nitrogens is 3. The number of aromatic amines is 1. The molecule has 5 heteroatoms. The first-order valence-electron chi connectivity index (χ1n) is 9.26. The first-order valence-corrected chi connectivity index (χ1v) is 9.26. The molecular formula is C22H24N4O. The van der Waals surface area contributed by atoms with Crippen LogP contribution in [-0.4, -0.2) is 20.7 Å². The van der Waals surface area contributed by atoms with Crippen LogP contribution in [0.1, 0.15) is 43.9 Å². The van der Waals surface area contributed by atoms with Crippen LogP contribution in [0.5, 0.6) is 0 Å². The van der Waals surface area contributed by atoms with E-state index in [4.69, 9.17) is 0 Å². The van der Waals surface area contributed by atoms with Gasteiger partial charge in [-0.15, -0.1) is 0 Å². The highest BCUT2D eigenvalue weighted by Crippen LogP contribution is 2.31. The van der Waals surface area contributed by atoms with Crippen molar-refractivity contribution in [3.63, 3.8) is 0 Å². The van der Waals surface area contributed by atoms with Crippen molar-refractivity contribution in [3.8, 4) is 0 Å². The van der Waals surface area contributed by atoms with E-state index in [2.05, 4.69) is 72.0 Å². The maximum Gasteiger partial charge on any atom is 0.276 e. The van der Waals surface area contributed by atoms with E-state index >= 15 is 0 Å². The molecule has 0 saturated carbocycles. The van der Waals surface area contributed by atoms with Gasteiger partial charge < -0.3 is 9.88 Å². The molecule has 0 unspecified atom stereocenters. The second-order valence-electron chi connectivity index (χ2n) is 7.86. The van der Waals surface area contributed by atoms with Crippen molar-refractivity contribution in [1.29, 1.82) is 0 Å². The molecule has 0 aliphatic carbocycles. The number of anilines is 1. The molecule has 27 heavy (non-hydrogen) atoms. The molecule has 0 fully saturated rings. The lowest BCUT2D eigenvalue weighted by Crippen LogP contribution is -2.13. The van der Waals surface area contributed by atoms with Crippen molar-refractivity contribution in [2.75, 3.05) is 5.32 Å². The minimum atomic E-state index is -0.208. The third-order valence-electron chi connectivity index (χ3n) is 4.96. The molecule has 0 aliphatic rings. The molecule has 2 heterocycles. The van der Waals surface area contributed by atoms with Gasteiger partial charge in [-0.05, 0) is 37.3 Å². The number of H-pyrrole nitrogens is 1. The summed E-state index contributed by atoms with van der Waals surface area (Å²) >= 11 is 0. The topological polar surface area (TPSA) is 62.7 Å². The summed E-state index contributed by atoms with van der Waals surface area (Å²) in [5.41, 5.74) is 4.41. The first-order chi connectivity index (χ1) is 12.9. The van der Waals surface area contributed by atoms with E-state index < -0.39 is 0 Å². The number of hydrogen-bond donors (Lipinski definition) is 2. The molecule has 138 valence electrons. The molecule has 0 saturated heterocycles. The van der Waals surface area contributed by atoms with Crippen LogP contribution in [-0.2, 0) is 12.0 Å². The van der Waals surface area contributed by atoms with Gasteiger partial charge in [-0.3, -0.25) is 9.89 Å². The normalized spacial score (nSPS) is 12.0. The Hall–Kier alpha value is -3.08.